The lowest BCUT2D eigenvalue weighted by Gasteiger charge is -2.25. The topological polar surface area (TPSA) is 103 Å². The summed E-state index contributed by atoms with van der Waals surface area (Å²) >= 11 is 0.997. The standard InChI is InChI=1S/C22H30N4O5S/c1-7-9-31-22(29)19-15(5)18(21(28)30-8-2)20(32-19)24-17(27)13-26(14(3)4)12-16-10-23-25(6)11-16/h7,10-11,14H,1,8-9,12-13H2,2-6H3,(H,24,27). The number of hydrogen-bond donors (Lipinski definition) is 1. The van der Waals surface area contributed by atoms with Crippen LogP contribution in [0.1, 0.15) is 51.9 Å². The molecule has 9 nitrogen and oxygen atoms in total. The number of aromatic nitrogens is 2. The van der Waals surface area contributed by atoms with Crippen molar-refractivity contribution in [1.29, 1.82) is 0 Å². The van der Waals surface area contributed by atoms with Crippen molar-refractivity contribution in [3.63, 3.8) is 0 Å². The number of anilines is 1. The van der Waals surface area contributed by atoms with E-state index in [1.54, 1.807) is 24.7 Å². The van der Waals surface area contributed by atoms with Gasteiger partial charge in [-0.1, -0.05) is 12.7 Å². The van der Waals surface area contributed by atoms with Crippen LogP contribution in [0.5, 0.6) is 0 Å². The minimum atomic E-state index is -0.601. The Labute approximate surface area is 192 Å². The number of thiophene rings is 1. The molecular weight excluding hydrogens is 432 g/mol. The van der Waals surface area contributed by atoms with Gasteiger partial charge in [0, 0.05) is 31.4 Å². The van der Waals surface area contributed by atoms with Gasteiger partial charge in [0.25, 0.3) is 0 Å². The maximum atomic E-state index is 12.9. The fourth-order valence-electron chi connectivity index (χ4n) is 3.01. The van der Waals surface area contributed by atoms with Crippen molar-refractivity contribution in [3.8, 4) is 0 Å². The van der Waals surface area contributed by atoms with Crippen LogP contribution >= 0.6 is 11.3 Å². The number of amides is 1. The number of carbonyl (C=O) groups is 3. The molecule has 1 amide bonds. The van der Waals surface area contributed by atoms with Gasteiger partial charge in [0.05, 0.1) is 24.9 Å². The lowest BCUT2D eigenvalue weighted by molar-refractivity contribution is -0.117. The summed E-state index contributed by atoms with van der Waals surface area (Å²) in [7, 11) is 1.84. The van der Waals surface area contributed by atoms with Crippen LogP contribution in [0.15, 0.2) is 25.0 Å². The average Bonchev–Trinajstić information content (AvgIpc) is 3.28. The summed E-state index contributed by atoms with van der Waals surface area (Å²) in [5.41, 5.74) is 1.56. The van der Waals surface area contributed by atoms with Gasteiger partial charge in [-0.25, -0.2) is 9.59 Å². The predicted octanol–water partition coefficient (Wildman–Crippen LogP) is 3.16. The third kappa shape index (κ3) is 6.51. The molecule has 0 saturated heterocycles. The van der Waals surface area contributed by atoms with Crippen LogP contribution in [0.4, 0.5) is 5.00 Å². The van der Waals surface area contributed by atoms with Crippen LogP contribution in [0.2, 0.25) is 0 Å². The van der Waals surface area contributed by atoms with Gasteiger partial charge in [-0.15, -0.1) is 11.3 Å². The quantitative estimate of drug-likeness (QED) is 0.404. The van der Waals surface area contributed by atoms with Crippen LogP contribution in [-0.2, 0) is 27.9 Å². The fourth-order valence-corrected chi connectivity index (χ4v) is 4.11. The van der Waals surface area contributed by atoms with Gasteiger partial charge in [0.15, 0.2) is 0 Å². The first-order valence-corrected chi connectivity index (χ1v) is 11.1. The minimum absolute atomic E-state index is 0.0459. The van der Waals surface area contributed by atoms with E-state index in [-0.39, 0.29) is 47.1 Å². The van der Waals surface area contributed by atoms with E-state index in [0.29, 0.717) is 12.1 Å². The second-order valence-corrected chi connectivity index (χ2v) is 8.46. The van der Waals surface area contributed by atoms with Crippen molar-refractivity contribution >= 4 is 34.2 Å². The lowest BCUT2D eigenvalue weighted by Crippen LogP contribution is -2.37. The summed E-state index contributed by atoms with van der Waals surface area (Å²) in [4.78, 5) is 40.0. The highest BCUT2D eigenvalue weighted by Crippen LogP contribution is 2.34. The number of nitrogens with zero attached hydrogens (tertiary/aromatic N) is 3. The number of ether oxygens (including phenoxy) is 2. The molecule has 2 rings (SSSR count). The Morgan fingerprint density at radius 2 is 2.03 bits per heavy atom. The molecule has 0 aliphatic carbocycles. The molecule has 0 atom stereocenters. The number of aryl methyl sites for hydroxylation is 1. The minimum Gasteiger partial charge on any atom is -0.462 e. The van der Waals surface area contributed by atoms with Gasteiger partial charge in [0.1, 0.15) is 16.5 Å². The fraction of sp³-hybridized carbons (Fsp3) is 0.455. The summed E-state index contributed by atoms with van der Waals surface area (Å²) in [6.45, 7) is 11.7. The molecule has 32 heavy (non-hydrogen) atoms. The van der Waals surface area contributed by atoms with Gasteiger partial charge in [-0.2, -0.15) is 5.10 Å². The van der Waals surface area contributed by atoms with Crippen molar-refractivity contribution in [3.05, 3.63) is 46.6 Å². The molecule has 10 heteroatoms. The van der Waals surface area contributed by atoms with E-state index in [1.165, 1.54) is 6.08 Å². The SMILES string of the molecule is C=CCOC(=O)c1sc(NC(=O)CN(Cc2cnn(C)c2)C(C)C)c(C(=O)OCC)c1C. The Morgan fingerprint density at radius 3 is 2.59 bits per heavy atom. The van der Waals surface area contributed by atoms with Gasteiger partial charge in [0.2, 0.25) is 5.91 Å². The molecule has 0 aromatic carbocycles. The molecule has 2 aromatic heterocycles. The predicted molar refractivity (Wildman–Crippen MR) is 123 cm³/mol. The van der Waals surface area contributed by atoms with E-state index < -0.39 is 11.9 Å². The third-order valence-corrected chi connectivity index (χ3v) is 5.81. The monoisotopic (exact) mass is 462 g/mol. The number of nitrogens with one attached hydrogen (secondary N) is 1. The normalized spacial score (nSPS) is 11.0. The maximum Gasteiger partial charge on any atom is 0.348 e. The van der Waals surface area contributed by atoms with Crippen molar-refractivity contribution in [2.75, 3.05) is 25.1 Å². The molecule has 0 spiro atoms. The summed E-state index contributed by atoms with van der Waals surface area (Å²) in [6, 6.07) is 0.0972. The van der Waals surface area contributed by atoms with Crippen LogP contribution in [0.25, 0.3) is 0 Å². The summed E-state index contributed by atoms with van der Waals surface area (Å²) in [5.74, 6) is -1.49. The summed E-state index contributed by atoms with van der Waals surface area (Å²) < 4.78 is 12.0. The Kier molecular flexibility index (Phi) is 9.15. The second kappa shape index (κ2) is 11.6. The van der Waals surface area contributed by atoms with Gasteiger partial charge in [-0.3, -0.25) is 14.4 Å². The highest BCUT2D eigenvalue weighted by molar-refractivity contribution is 7.18. The maximum absolute atomic E-state index is 12.9. The lowest BCUT2D eigenvalue weighted by atomic mass is 10.1. The molecule has 1 N–H and O–H groups in total. The summed E-state index contributed by atoms with van der Waals surface area (Å²) in [5, 5.41) is 7.22. The molecule has 0 bridgehead atoms. The van der Waals surface area contributed by atoms with E-state index in [1.807, 2.05) is 32.0 Å². The highest BCUT2D eigenvalue weighted by Gasteiger charge is 2.28. The zero-order valence-corrected chi connectivity index (χ0v) is 20.0. The summed E-state index contributed by atoms with van der Waals surface area (Å²) in [6.07, 6.45) is 5.12. The first-order valence-electron chi connectivity index (χ1n) is 10.3. The number of carbonyl (C=O) groups excluding carboxylic acids is 3. The van der Waals surface area contributed by atoms with Crippen molar-refractivity contribution in [2.24, 2.45) is 7.05 Å². The van der Waals surface area contributed by atoms with E-state index in [9.17, 15) is 14.4 Å². The van der Waals surface area contributed by atoms with E-state index in [2.05, 4.69) is 17.0 Å². The molecule has 0 aliphatic heterocycles. The molecule has 2 aromatic rings. The molecule has 0 aliphatic rings. The van der Waals surface area contributed by atoms with Crippen molar-refractivity contribution in [1.82, 2.24) is 14.7 Å². The second-order valence-electron chi connectivity index (χ2n) is 7.44. The zero-order valence-electron chi connectivity index (χ0n) is 19.1. The highest BCUT2D eigenvalue weighted by atomic mass is 32.1. The van der Waals surface area contributed by atoms with Crippen molar-refractivity contribution in [2.45, 2.75) is 40.3 Å². The molecule has 0 saturated carbocycles. The molecule has 0 fully saturated rings. The van der Waals surface area contributed by atoms with Gasteiger partial charge >= 0.3 is 11.9 Å². The number of esters is 2. The van der Waals surface area contributed by atoms with E-state index in [4.69, 9.17) is 9.47 Å². The first-order chi connectivity index (χ1) is 15.2. The molecule has 0 radical (unpaired) electrons. The molecule has 2 heterocycles. The Hall–Kier alpha value is -2.98. The van der Waals surface area contributed by atoms with Crippen LogP contribution in [0.3, 0.4) is 0 Å². The smallest absolute Gasteiger partial charge is 0.348 e. The van der Waals surface area contributed by atoms with Crippen LogP contribution in [-0.4, -0.2) is 58.3 Å². The Balaban J connectivity index is 2.24. The third-order valence-electron chi connectivity index (χ3n) is 4.62. The van der Waals surface area contributed by atoms with Gasteiger partial charge < -0.3 is 14.8 Å². The van der Waals surface area contributed by atoms with Crippen LogP contribution < -0.4 is 5.32 Å². The molecule has 174 valence electrons. The molecular formula is C22H30N4O5S. The number of rotatable bonds is 11. The van der Waals surface area contributed by atoms with E-state index in [0.717, 1.165) is 16.9 Å². The van der Waals surface area contributed by atoms with Crippen molar-refractivity contribution < 1.29 is 23.9 Å². The van der Waals surface area contributed by atoms with E-state index >= 15 is 0 Å². The Morgan fingerprint density at radius 1 is 1.31 bits per heavy atom. The average molecular weight is 463 g/mol. The number of hydrogen-bond acceptors (Lipinski definition) is 8. The zero-order chi connectivity index (χ0) is 23.8. The molecule has 0 unspecified atom stereocenters. The van der Waals surface area contributed by atoms with Crippen LogP contribution in [0, 0.1) is 6.92 Å². The first kappa shape index (κ1) is 25.3. The van der Waals surface area contributed by atoms with Gasteiger partial charge in [-0.05, 0) is 33.3 Å². The Bertz CT molecular complexity index is 979. The largest absolute Gasteiger partial charge is 0.462 e.